The first-order valence-electron chi connectivity index (χ1n) is 7.20. The Kier molecular flexibility index (Phi) is 6.21. The Morgan fingerprint density at radius 1 is 1.23 bits per heavy atom. The number of fused-ring (bicyclic) bond motifs is 1. The summed E-state index contributed by atoms with van der Waals surface area (Å²) in [5.74, 6) is -0.787. The number of benzene rings is 1. The molecular weight excluding hydrogens is 322 g/mol. The number of amides is 1. The second-order valence-electron chi connectivity index (χ2n) is 5.13. The minimum atomic E-state index is -0.771. The molecule has 2 N–H and O–H groups in total. The fourth-order valence-corrected chi connectivity index (χ4v) is 3.35. The quantitative estimate of drug-likeness (QED) is 0.718. The Balaban J connectivity index is 1.77. The SMILES string of the molecule is O=C(O)CCCCCNC(=O)Cc1csc2ccc(Cl)cc12. The van der Waals surface area contributed by atoms with E-state index >= 15 is 0 Å². The van der Waals surface area contributed by atoms with Gasteiger partial charge in [-0.1, -0.05) is 18.0 Å². The number of carboxylic acid groups (broad SMARTS) is 1. The highest BCUT2D eigenvalue weighted by Gasteiger charge is 2.09. The number of unbranched alkanes of at least 4 members (excludes halogenated alkanes) is 2. The second kappa shape index (κ2) is 8.15. The molecule has 1 aromatic heterocycles. The molecule has 2 aromatic rings. The topological polar surface area (TPSA) is 66.4 Å². The number of hydrogen-bond acceptors (Lipinski definition) is 3. The summed E-state index contributed by atoms with van der Waals surface area (Å²) in [4.78, 5) is 22.3. The van der Waals surface area contributed by atoms with E-state index in [1.54, 1.807) is 11.3 Å². The molecule has 0 spiro atoms. The average Bonchev–Trinajstić information content (AvgIpc) is 2.85. The van der Waals surface area contributed by atoms with Crippen molar-refractivity contribution < 1.29 is 14.7 Å². The van der Waals surface area contributed by atoms with Crippen LogP contribution in [0.25, 0.3) is 10.1 Å². The second-order valence-corrected chi connectivity index (χ2v) is 6.48. The molecule has 4 nitrogen and oxygen atoms in total. The summed E-state index contributed by atoms with van der Waals surface area (Å²) in [5, 5.41) is 15.1. The predicted octanol–water partition coefficient (Wildman–Crippen LogP) is 3.86. The van der Waals surface area contributed by atoms with Crippen molar-refractivity contribution in [2.24, 2.45) is 0 Å². The molecule has 6 heteroatoms. The van der Waals surface area contributed by atoms with Crippen molar-refractivity contribution in [2.45, 2.75) is 32.1 Å². The Bertz CT molecular complexity index is 668. The van der Waals surface area contributed by atoms with Gasteiger partial charge in [-0.2, -0.15) is 0 Å². The maximum absolute atomic E-state index is 11.9. The number of carbonyl (C=O) groups excluding carboxylic acids is 1. The lowest BCUT2D eigenvalue weighted by molar-refractivity contribution is -0.137. The van der Waals surface area contributed by atoms with Crippen molar-refractivity contribution in [3.8, 4) is 0 Å². The lowest BCUT2D eigenvalue weighted by Crippen LogP contribution is -2.26. The monoisotopic (exact) mass is 339 g/mol. The first kappa shape index (κ1) is 16.8. The minimum Gasteiger partial charge on any atom is -0.481 e. The van der Waals surface area contributed by atoms with Gasteiger partial charge in [0.05, 0.1) is 6.42 Å². The third-order valence-electron chi connectivity index (χ3n) is 3.36. The molecule has 0 unspecified atom stereocenters. The van der Waals surface area contributed by atoms with Crippen LogP contribution in [0.2, 0.25) is 5.02 Å². The zero-order valence-corrected chi connectivity index (χ0v) is 13.7. The van der Waals surface area contributed by atoms with Crippen LogP contribution in [0, 0.1) is 0 Å². The number of aliphatic carboxylic acids is 1. The molecule has 0 saturated carbocycles. The number of hydrogen-bond donors (Lipinski definition) is 2. The highest BCUT2D eigenvalue weighted by atomic mass is 35.5. The molecule has 0 bridgehead atoms. The van der Waals surface area contributed by atoms with Crippen molar-refractivity contribution in [1.29, 1.82) is 0 Å². The molecule has 118 valence electrons. The minimum absolute atomic E-state index is 0.0158. The van der Waals surface area contributed by atoms with Gasteiger partial charge >= 0.3 is 5.97 Å². The number of nitrogens with one attached hydrogen (secondary N) is 1. The van der Waals surface area contributed by atoms with Gasteiger partial charge in [0.25, 0.3) is 0 Å². The van der Waals surface area contributed by atoms with Crippen LogP contribution in [0.4, 0.5) is 0 Å². The zero-order chi connectivity index (χ0) is 15.9. The number of carboxylic acids is 1. The third kappa shape index (κ3) is 5.00. The molecule has 1 aromatic carbocycles. The van der Waals surface area contributed by atoms with E-state index in [0.29, 0.717) is 24.4 Å². The Morgan fingerprint density at radius 2 is 2.05 bits per heavy atom. The zero-order valence-electron chi connectivity index (χ0n) is 12.1. The lowest BCUT2D eigenvalue weighted by atomic mass is 10.1. The average molecular weight is 340 g/mol. The molecule has 0 saturated heterocycles. The molecule has 1 heterocycles. The van der Waals surface area contributed by atoms with Gasteiger partial charge in [0.2, 0.25) is 5.91 Å². The van der Waals surface area contributed by atoms with Crippen molar-refractivity contribution in [3.63, 3.8) is 0 Å². The summed E-state index contributed by atoms with van der Waals surface area (Å²) in [5.41, 5.74) is 0.992. The number of thiophene rings is 1. The highest BCUT2D eigenvalue weighted by molar-refractivity contribution is 7.17. The van der Waals surface area contributed by atoms with Gasteiger partial charge in [-0.25, -0.2) is 0 Å². The summed E-state index contributed by atoms with van der Waals surface area (Å²) in [6.07, 6.45) is 2.79. The molecule has 0 aliphatic carbocycles. The smallest absolute Gasteiger partial charge is 0.303 e. The molecule has 22 heavy (non-hydrogen) atoms. The number of halogens is 1. The largest absolute Gasteiger partial charge is 0.481 e. The summed E-state index contributed by atoms with van der Waals surface area (Å²) >= 11 is 7.61. The van der Waals surface area contributed by atoms with Crippen molar-refractivity contribution in [2.75, 3.05) is 6.54 Å². The lowest BCUT2D eigenvalue weighted by Gasteiger charge is -2.04. The molecule has 1 amide bonds. The van der Waals surface area contributed by atoms with Crippen LogP contribution in [0.3, 0.4) is 0 Å². The van der Waals surface area contributed by atoms with Gasteiger partial charge in [0.15, 0.2) is 0 Å². The third-order valence-corrected chi connectivity index (χ3v) is 4.60. The normalized spacial score (nSPS) is 10.8. The highest BCUT2D eigenvalue weighted by Crippen LogP contribution is 2.28. The summed E-state index contributed by atoms with van der Waals surface area (Å²) in [6, 6.07) is 5.70. The van der Waals surface area contributed by atoms with Crippen LogP contribution in [0.15, 0.2) is 23.6 Å². The van der Waals surface area contributed by atoms with Gasteiger partial charge in [-0.15, -0.1) is 11.3 Å². The van der Waals surface area contributed by atoms with Gasteiger partial charge in [0, 0.05) is 22.7 Å². The van der Waals surface area contributed by atoms with E-state index in [2.05, 4.69) is 5.32 Å². The fourth-order valence-electron chi connectivity index (χ4n) is 2.23. The molecule has 2 rings (SSSR count). The summed E-state index contributed by atoms with van der Waals surface area (Å²) < 4.78 is 1.13. The first-order valence-corrected chi connectivity index (χ1v) is 8.46. The van der Waals surface area contributed by atoms with Crippen LogP contribution >= 0.6 is 22.9 Å². The van der Waals surface area contributed by atoms with Gasteiger partial charge < -0.3 is 10.4 Å². The van der Waals surface area contributed by atoms with E-state index < -0.39 is 5.97 Å². The number of rotatable bonds is 8. The van der Waals surface area contributed by atoms with E-state index in [9.17, 15) is 9.59 Å². The van der Waals surface area contributed by atoms with Crippen LogP contribution in [-0.4, -0.2) is 23.5 Å². The van der Waals surface area contributed by atoms with Crippen molar-refractivity contribution in [1.82, 2.24) is 5.32 Å². The first-order chi connectivity index (χ1) is 10.6. The van der Waals surface area contributed by atoms with Gasteiger partial charge in [0.1, 0.15) is 0 Å². The molecule has 0 aliphatic heterocycles. The van der Waals surface area contributed by atoms with E-state index in [1.807, 2.05) is 23.6 Å². The van der Waals surface area contributed by atoms with E-state index in [0.717, 1.165) is 28.5 Å². The Morgan fingerprint density at radius 3 is 2.82 bits per heavy atom. The molecule has 0 radical (unpaired) electrons. The maximum Gasteiger partial charge on any atom is 0.303 e. The Labute approximate surface area is 138 Å². The van der Waals surface area contributed by atoms with Crippen molar-refractivity contribution >= 4 is 44.9 Å². The van der Waals surface area contributed by atoms with Crippen LogP contribution < -0.4 is 5.32 Å². The molecule has 0 atom stereocenters. The predicted molar refractivity (Wildman–Crippen MR) is 89.7 cm³/mol. The molecule has 0 fully saturated rings. The molecular formula is C16H18ClNO3S. The van der Waals surface area contributed by atoms with Crippen LogP contribution in [-0.2, 0) is 16.0 Å². The van der Waals surface area contributed by atoms with Gasteiger partial charge in [-0.3, -0.25) is 9.59 Å². The molecule has 0 aliphatic rings. The van der Waals surface area contributed by atoms with Crippen LogP contribution in [0.5, 0.6) is 0 Å². The van der Waals surface area contributed by atoms with Crippen molar-refractivity contribution in [3.05, 3.63) is 34.2 Å². The Hall–Kier alpha value is -1.59. The standard InChI is InChI=1S/C16H18ClNO3S/c17-12-5-6-14-13(9-12)11(10-22-14)8-15(19)18-7-3-1-2-4-16(20)21/h5-6,9-10H,1-4,7-8H2,(H,18,19)(H,20,21). The van der Waals surface area contributed by atoms with Crippen LogP contribution in [0.1, 0.15) is 31.2 Å². The van der Waals surface area contributed by atoms with E-state index in [4.69, 9.17) is 16.7 Å². The maximum atomic E-state index is 11.9. The fraction of sp³-hybridized carbons (Fsp3) is 0.375. The summed E-state index contributed by atoms with van der Waals surface area (Å²) in [6.45, 7) is 0.585. The van der Waals surface area contributed by atoms with E-state index in [1.165, 1.54) is 0 Å². The number of carbonyl (C=O) groups is 2. The van der Waals surface area contributed by atoms with E-state index in [-0.39, 0.29) is 12.3 Å². The van der Waals surface area contributed by atoms with Gasteiger partial charge in [-0.05, 0) is 47.4 Å². The summed E-state index contributed by atoms with van der Waals surface area (Å²) in [7, 11) is 0.